The molecule has 0 spiro atoms. The summed E-state index contributed by atoms with van der Waals surface area (Å²) in [5.41, 5.74) is 2.15. The first-order chi connectivity index (χ1) is 6.66. The van der Waals surface area contributed by atoms with Gasteiger partial charge in [-0.2, -0.15) is 5.10 Å². The fraction of sp³-hybridized carbons (Fsp3) is 0.667. The van der Waals surface area contributed by atoms with Gasteiger partial charge in [0, 0.05) is 20.2 Å². The highest BCUT2D eigenvalue weighted by Crippen LogP contribution is 2.19. The monoisotopic (exact) mass is 261 g/mol. The number of nitrogens with zero attached hydrogens (tertiary/aromatic N) is 2. The molecular formula is C9H16BrN3O. The van der Waals surface area contributed by atoms with E-state index in [2.05, 4.69) is 26.3 Å². The molecule has 0 bridgehead atoms. The van der Waals surface area contributed by atoms with Crippen molar-refractivity contribution in [3.8, 4) is 0 Å². The van der Waals surface area contributed by atoms with Crippen molar-refractivity contribution >= 4 is 15.9 Å². The molecule has 0 radical (unpaired) electrons. The van der Waals surface area contributed by atoms with Crippen molar-refractivity contribution in [1.29, 1.82) is 0 Å². The van der Waals surface area contributed by atoms with E-state index in [1.54, 1.807) is 0 Å². The standard InChI is InChI=1S/C9H16BrN3O/c1-7-9(10)8(13(2)12-7)6-11-4-3-5-14/h11,14H,3-6H2,1-2H3. The van der Waals surface area contributed by atoms with E-state index in [1.807, 2.05) is 18.7 Å². The number of aliphatic hydroxyl groups is 1. The molecule has 1 rings (SSSR count). The smallest absolute Gasteiger partial charge is 0.0739 e. The SMILES string of the molecule is Cc1nn(C)c(CNCCCO)c1Br. The highest BCUT2D eigenvalue weighted by Gasteiger charge is 2.09. The average Bonchev–Trinajstić information content (AvgIpc) is 2.38. The first-order valence-electron chi connectivity index (χ1n) is 4.66. The molecule has 0 saturated carbocycles. The van der Waals surface area contributed by atoms with Crippen LogP contribution in [0, 0.1) is 6.92 Å². The molecule has 4 nitrogen and oxygen atoms in total. The third kappa shape index (κ3) is 2.80. The van der Waals surface area contributed by atoms with E-state index in [1.165, 1.54) is 0 Å². The minimum Gasteiger partial charge on any atom is -0.396 e. The lowest BCUT2D eigenvalue weighted by Gasteiger charge is -2.04. The van der Waals surface area contributed by atoms with Gasteiger partial charge in [0.05, 0.1) is 15.9 Å². The van der Waals surface area contributed by atoms with Crippen LogP contribution in [0.15, 0.2) is 4.47 Å². The van der Waals surface area contributed by atoms with Gasteiger partial charge in [-0.3, -0.25) is 4.68 Å². The average molecular weight is 262 g/mol. The van der Waals surface area contributed by atoms with E-state index in [-0.39, 0.29) is 6.61 Å². The van der Waals surface area contributed by atoms with Gasteiger partial charge in [0.15, 0.2) is 0 Å². The van der Waals surface area contributed by atoms with Crippen molar-refractivity contribution < 1.29 is 5.11 Å². The van der Waals surface area contributed by atoms with Crippen LogP contribution in [0.3, 0.4) is 0 Å². The Balaban J connectivity index is 2.49. The maximum atomic E-state index is 8.61. The van der Waals surface area contributed by atoms with Crippen molar-refractivity contribution in [2.75, 3.05) is 13.2 Å². The normalized spacial score (nSPS) is 10.9. The van der Waals surface area contributed by atoms with E-state index >= 15 is 0 Å². The molecule has 1 aromatic rings. The molecule has 0 atom stereocenters. The summed E-state index contributed by atoms with van der Waals surface area (Å²) in [6, 6.07) is 0. The van der Waals surface area contributed by atoms with Gasteiger partial charge in [-0.15, -0.1) is 0 Å². The Bertz CT molecular complexity index is 298. The second kappa shape index (κ2) is 5.48. The summed E-state index contributed by atoms with van der Waals surface area (Å²) in [6.07, 6.45) is 0.786. The van der Waals surface area contributed by atoms with Crippen molar-refractivity contribution in [1.82, 2.24) is 15.1 Å². The molecule has 1 heterocycles. The van der Waals surface area contributed by atoms with Crippen molar-refractivity contribution in [2.24, 2.45) is 7.05 Å². The number of rotatable bonds is 5. The minimum absolute atomic E-state index is 0.235. The number of nitrogens with one attached hydrogen (secondary N) is 1. The summed E-state index contributed by atoms with van der Waals surface area (Å²) in [7, 11) is 1.93. The van der Waals surface area contributed by atoms with Crippen LogP contribution in [0.5, 0.6) is 0 Å². The van der Waals surface area contributed by atoms with Gasteiger partial charge in [0.25, 0.3) is 0 Å². The predicted molar refractivity (Wildman–Crippen MR) is 59.1 cm³/mol. The molecule has 0 fully saturated rings. The summed E-state index contributed by atoms with van der Waals surface area (Å²) in [5, 5.41) is 16.1. The molecule has 1 aromatic heterocycles. The summed E-state index contributed by atoms with van der Waals surface area (Å²) in [5.74, 6) is 0. The van der Waals surface area contributed by atoms with Crippen molar-refractivity contribution in [3.05, 3.63) is 15.9 Å². The fourth-order valence-electron chi connectivity index (χ4n) is 1.28. The molecule has 5 heteroatoms. The molecule has 0 aliphatic heterocycles. The highest BCUT2D eigenvalue weighted by molar-refractivity contribution is 9.10. The second-order valence-corrected chi connectivity index (χ2v) is 4.02. The number of hydrogen-bond acceptors (Lipinski definition) is 3. The van der Waals surface area contributed by atoms with E-state index < -0.39 is 0 Å². The number of aryl methyl sites for hydroxylation is 2. The van der Waals surface area contributed by atoms with Gasteiger partial charge in [-0.05, 0) is 35.8 Å². The molecule has 0 amide bonds. The Labute approximate surface area is 92.4 Å². The largest absolute Gasteiger partial charge is 0.396 e. The zero-order chi connectivity index (χ0) is 10.6. The summed E-state index contributed by atoms with van der Waals surface area (Å²) in [4.78, 5) is 0. The lowest BCUT2D eigenvalue weighted by molar-refractivity contribution is 0.286. The van der Waals surface area contributed by atoms with Gasteiger partial charge in [0.2, 0.25) is 0 Å². The first-order valence-corrected chi connectivity index (χ1v) is 5.45. The second-order valence-electron chi connectivity index (χ2n) is 3.22. The van der Waals surface area contributed by atoms with Gasteiger partial charge < -0.3 is 10.4 Å². The topological polar surface area (TPSA) is 50.1 Å². The summed E-state index contributed by atoms with van der Waals surface area (Å²) >= 11 is 3.50. The first kappa shape index (κ1) is 11.7. The van der Waals surface area contributed by atoms with Crippen LogP contribution in [-0.2, 0) is 13.6 Å². The van der Waals surface area contributed by atoms with E-state index in [0.29, 0.717) is 0 Å². The van der Waals surface area contributed by atoms with Crippen LogP contribution >= 0.6 is 15.9 Å². The molecule has 0 saturated heterocycles. The molecule has 80 valence electrons. The lowest BCUT2D eigenvalue weighted by atomic mass is 10.3. The van der Waals surface area contributed by atoms with Crippen molar-refractivity contribution in [2.45, 2.75) is 19.9 Å². The van der Waals surface area contributed by atoms with E-state index in [4.69, 9.17) is 5.11 Å². The zero-order valence-electron chi connectivity index (χ0n) is 8.55. The predicted octanol–water partition coefficient (Wildman–Crippen LogP) is 0.963. The maximum Gasteiger partial charge on any atom is 0.0739 e. The maximum absolute atomic E-state index is 8.61. The molecular weight excluding hydrogens is 246 g/mol. The van der Waals surface area contributed by atoms with Gasteiger partial charge in [-0.25, -0.2) is 0 Å². The molecule has 0 aliphatic rings. The van der Waals surface area contributed by atoms with Crippen LogP contribution in [0.2, 0.25) is 0 Å². The molecule has 0 aromatic carbocycles. The fourth-order valence-corrected chi connectivity index (χ4v) is 1.76. The van der Waals surface area contributed by atoms with Crippen LogP contribution in [0.25, 0.3) is 0 Å². The van der Waals surface area contributed by atoms with Crippen LogP contribution in [-0.4, -0.2) is 28.0 Å². The number of halogens is 1. The Morgan fingerprint density at radius 2 is 2.29 bits per heavy atom. The molecule has 0 unspecified atom stereocenters. The van der Waals surface area contributed by atoms with Crippen LogP contribution in [0.4, 0.5) is 0 Å². The number of aliphatic hydroxyl groups excluding tert-OH is 1. The highest BCUT2D eigenvalue weighted by atomic mass is 79.9. The third-order valence-electron chi connectivity index (χ3n) is 2.07. The minimum atomic E-state index is 0.235. The Kier molecular flexibility index (Phi) is 4.57. The van der Waals surface area contributed by atoms with Gasteiger partial charge >= 0.3 is 0 Å². The van der Waals surface area contributed by atoms with Crippen molar-refractivity contribution in [3.63, 3.8) is 0 Å². The number of hydrogen-bond donors (Lipinski definition) is 2. The lowest BCUT2D eigenvalue weighted by Crippen LogP contribution is -2.18. The Morgan fingerprint density at radius 3 is 2.79 bits per heavy atom. The number of aromatic nitrogens is 2. The third-order valence-corrected chi connectivity index (χ3v) is 3.10. The quantitative estimate of drug-likeness (QED) is 0.777. The summed E-state index contributed by atoms with van der Waals surface area (Å²) in [6.45, 7) is 3.81. The summed E-state index contributed by atoms with van der Waals surface area (Å²) < 4.78 is 2.93. The van der Waals surface area contributed by atoms with Crippen LogP contribution in [0.1, 0.15) is 17.8 Å². The molecule has 14 heavy (non-hydrogen) atoms. The van der Waals surface area contributed by atoms with E-state index in [0.717, 1.165) is 35.4 Å². The van der Waals surface area contributed by atoms with Crippen LogP contribution < -0.4 is 5.32 Å². The molecule has 0 aliphatic carbocycles. The Morgan fingerprint density at radius 1 is 1.57 bits per heavy atom. The zero-order valence-corrected chi connectivity index (χ0v) is 10.1. The van der Waals surface area contributed by atoms with Gasteiger partial charge in [-0.1, -0.05) is 0 Å². The molecule has 2 N–H and O–H groups in total. The van der Waals surface area contributed by atoms with E-state index in [9.17, 15) is 0 Å². The Hall–Kier alpha value is -0.390. The van der Waals surface area contributed by atoms with Gasteiger partial charge in [0.1, 0.15) is 0 Å².